The molecular weight excluding hydrogens is 258 g/mol. The molecule has 0 aromatic carbocycles. The summed E-state index contributed by atoms with van der Waals surface area (Å²) in [4.78, 5) is 14.6. The summed E-state index contributed by atoms with van der Waals surface area (Å²) in [7, 11) is 2.11. The van der Waals surface area contributed by atoms with Gasteiger partial charge >= 0.3 is 6.01 Å². The smallest absolute Gasteiger partial charge is 0.323 e. The number of aromatic nitrogens is 3. The van der Waals surface area contributed by atoms with E-state index < -0.39 is 0 Å². The maximum absolute atomic E-state index is 5.32. The lowest BCUT2D eigenvalue weighted by Crippen LogP contribution is -2.28. The van der Waals surface area contributed by atoms with Gasteiger partial charge in [-0.1, -0.05) is 0 Å². The fraction of sp³-hybridized carbons (Fsp3) is 0.750. The maximum atomic E-state index is 5.32. The molecule has 20 heavy (non-hydrogen) atoms. The van der Waals surface area contributed by atoms with Crippen LogP contribution in [0.4, 0.5) is 11.9 Å². The van der Waals surface area contributed by atoms with Gasteiger partial charge in [0.25, 0.3) is 0 Å². The normalized spacial score (nSPS) is 10.9. The highest BCUT2D eigenvalue weighted by Gasteiger charge is 2.06. The molecule has 0 amide bonds. The maximum Gasteiger partial charge on any atom is 0.323 e. The second-order valence-electron chi connectivity index (χ2n) is 4.70. The number of nitrogens with zero attached hydrogens (tertiary/aromatic N) is 4. The van der Waals surface area contributed by atoms with E-state index in [9.17, 15) is 0 Å². The number of nitrogen functional groups attached to an aromatic ring is 1. The van der Waals surface area contributed by atoms with E-state index in [1.54, 1.807) is 0 Å². The molecule has 0 bridgehead atoms. The highest BCUT2D eigenvalue weighted by Crippen LogP contribution is 2.10. The Morgan fingerprint density at radius 2 is 1.95 bits per heavy atom. The standard InChI is InChI=1S/C12H25N7O/c1-5-20-12-16-10(15-11(17-12)18-13)14-7-6-8-19(4)9(2)3/h9H,5-8,13H2,1-4H3,(H2,14,15,16,17,18). The summed E-state index contributed by atoms with van der Waals surface area (Å²) in [5, 5.41) is 3.15. The number of nitrogens with one attached hydrogen (secondary N) is 2. The average molecular weight is 283 g/mol. The number of nitrogens with two attached hydrogens (primary N) is 1. The second kappa shape index (κ2) is 8.49. The van der Waals surface area contributed by atoms with Crippen LogP contribution in [-0.4, -0.2) is 52.6 Å². The largest absolute Gasteiger partial charge is 0.464 e. The van der Waals surface area contributed by atoms with Crippen LogP contribution in [0, 0.1) is 0 Å². The van der Waals surface area contributed by atoms with Crippen molar-refractivity contribution in [1.29, 1.82) is 0 Å². The summed E-state index contributed by atoms with van der Waals surface area (Å²) < 4.78 is 5.26. The van der Waals surface area contributed by atoms with Gasteiger partial charge < -0.3 is 15.0 Å². The first-order valence-electron chi connectivity index (χ1n) is 6.86. The van der Waals surface area contributed by atoms with Crippen LogP contribution in [0.5, 0.6) is 6.01 Å². The van der Waals surface area contributed by atoms with Gasteiger partial charge in [0.1, 0.15) is 0 Å². The minimum atomic E-state index is 0.261. The number of hydrogen-bond donors (Lipinski definition) is 3. The van der Waals surface area contributed by atoms with E-state index in [4.69, 9.17) is 10.6 Å². The quantitative estimate of drug-likeness (QED) is 0.346. The van der Waals surface area contributed by atoms with Gasteiger partial charge in [0.15, 0.2) is 0 Å². The van der Waals surface area contributed by atoms with Crippen LogP contribution in [0.15, 0.2) is 0 Å². The Balaban J connectivity index is 2.48. The van der Waals surface area contributed by atoms with Gasteiger partial charge in [0.05, 0.1) is 6.61 Å². The molecule has 1 rings (SSSR count). The molecule has 1 aromatic heterocycles. The highest BCUT2D eigenvalue weighted by atomic mass is 16.5. The fourth-order valence-electron chi connectivity index (χ4n) is 1.48. The summed E-state index contributed by atoms with van der Waals surface area (Å²) in [6.07, 6.45) is 0.996. The topological polar surface area (TPSA) is 101 Å². The molecule has 0 aliphatic carbocycles. The van der Waals surface area contributed by atoms with Crippen molar-refractivity contribution >= 4 is 11.9 Å². The summed E-state index contributed by atoms with van der Waals surface area (Å²) in [6, 6.07) is 0.807. The Bertz CT molecular complexity index is 399. The first kappa shape index (κ1) is 16.4. The molecule has 0 spiro atoms. The fourth-order valence-corrected chi connectivity index (χ4v) is 1.48. The summed E-state index contributed by atoms with van der Waals surface area (Å²) in [6.45, 7) is 8.49. The molecule has 0 fully saturated rings. The Hall–Kier alpha value is -1.67. The zero-order valence-electron chi connectivity index (χ0n) is 12.7. The molecule has 0 saturated heterocycles. The molecule has 4 N–H and O–H groups in total. The van der Waals surface area contributed by atoms with Crippen molar-refractivity contribution in [3.8, 4) is 6.01 Å². The number of anilines is 2. The Morgan fingerprint density at radius 1 is 1.25 bits per heavy atom. The van der Waals surface area contributed by atoms with Crippen LogP contribution < -0.4 is 21.3 Å². The third-order valence-electron chi connectivity index (χ3n) is 2.87. The van der Waals surface area contributed by atoms with Crippen LogP contribution in [0.1, 0.15) is 27.2 Å². The number of hydrogen-bond acceptors (Lipinski definition) is 8. The minimum absolute atomic E-state index is 0.261. The minimum Gasteiger partial charge on any atom is -0.464 e. The van der Waals surface area contributed by atoms with Gasteiger partial charge in [0, 0.05) is 12.6 Å². The van der Waals surface area contributed by atoms with Crippen molar-refractivity contribution in [2.24, 2.45) is 5.84 Å². The molecule has 0 aliphatic heterocycles. The highest BCUT2D eigenvalue weighted by molar-refractivity contribution is 5.34. The molecular formula is C12H25N7O. The SMILES string of the molecule is CCOc1nc(NN)nc(NCCCN(C)C(C)C)n1. The zero-order valence-corrected chi connectivity index (χ0v) is 12.7. The Labute approximate surface area is 120 Å². The molecule has 0 atom stereocenters. The first-order chi connectivity index (χ1) is 9.56. The Morgan fingerprint density at radius 3 is 2.55 bits per heavy atom. The van der Waals surface area contributed by atoms with E-state index in [2.05, 4.69) is 51.5 Å². The van der Waals surface area contributed by atoms with E-state index in [0.717, 1.165) is 19.5 Å². The lowest BCUT2D eigenvalue weighted by molar-refractivity contribution is 0.273. The molecule has 0 unspecified atom stereocenters. The number of rotatable bonds is 9. The molecule has 1 heterocycles. The summed E-state index contributed by atoms with van der Waals surface area (Å²) in [5.74, 6) is 6.06. The van der Waals surface area contributed by atoms with Crippen LogP contribution >= 0.6 is 0 Å². The summed E-state index contributed by atoms with van der Waals surface area (Å²) >= 11 is 0. The Kier molecular flexibility index (Phi) is 6.96. The van der Waals surface area contributed by atoms with Crippen LogP contribution in [0.2, 0.25) is 0 Å². The van der Waals surface area contributed by atoms with E-state index in [1.165, 1.54) is 0 Å². The lowest BCUT2D eigenvalue weighted by Gasteiger charge is -2.20. The van der Waals surface area contributed by atoms with Crippen LogP contribution in [-0.2, 0) is 0 Å². The zero-order chi connectivity index (χ0) is 15.0. The van der Waals surface area contributed by atoms with Gasteiger partial charge in [-0.05, 0) is 40.8 Å². The summed E-state index contributed by atoms with van der Waals surface area (Å²) in [5.41, 5.74) is 2.40. The van der Waals surface area contributed by atoms with Crippen molar-refractivity contribution < 1.29 is 4.74 Å². The molecule has 8 heteroatoms. The molecule has 1 aromatic rings. The van der Waals surface area contributed by atoms with Crippen molar-refractivity contribution in [1.82, 2.24) is 19.9 Å². The number of hydrazine groups is 1. The van der Waals surface area contributed by atoms with E-state index in [-0.39, 0.29) is 12.0 Å². The predicted molar refractivity (Wildman–Crippen MR) is 79.7 cm³/mol. The van der Waals surface area contributed by atoms with Crippen LogP contribution in [0.25, 0.3) is 0 Å². The van der Waals surface area contributed by atoms with Gasteiger partial charge in [-0.2, -0.15) is 15.0 Å². The van der Waals surface area contributed by atoms with Crippen molar-refractivity contribution in [2.75, 3.05) is 37.5 Å². The third-order valence-corrected chi connectivity index (χ3v) is 2.87. The van der Waals surface area contributed by atoms with Crippen molar-refractivity contribution in [3.05, 3.63) is 0 Å². The first-order valence-corrected chi connectivity index (χ1v) is 6.86. The molecule has 114 valence electrons. The van der Waals surface area contributed by atoms with Gasteiger partial charge in [-0.15, -0.1) is 0 Å². The number of ether oxygens (including phenoxy) is 1. The van der Waals surface area contributed by atoms with Gasteiger partial charge in [-0.3, -0.25) is 5.43 Å². The van der Waals surface area contributed by atoms with Crippen molar-refractivity contribution in [3.63, 3.8) is 0 Å². The predicted octanol–water partition coefficient (Wildman–Crippen LogP) is 0.698. The third kappa shape index (κ3) is 5.54. The van der Waals surface area contributed by atoms with Gasteiger partial charge in [-0.25, -0.2) is 5.84 Å². The molecule has 0 radical (unpaired) electrons. The lowest BCUT2D eigenvalue weighted by atomic mass is 10.3. The molecule has 0 saturated carbocycles. The molecule has 0 aliphatic rings. The van der Waals surface area contributed by atoms with E-state index >= 15 is 0 Å². The van der Waals surface area contributed by atoms with E-state index in [1.807, 2.05) is 6.92 Å². The van der Waals surface area contributed by atoms with E-state index in [0.29, 0.717) is 18.6 Å². The van der Waals surface area contributed by atoms with Gasteiger partial charge in [0.2, 0.25) is 11.9 Å². The van der Waals surface area contributed by atoms with Crippen LogP contribution in [0.3, 0.4) is 0 Å². The monoisotopic (exact) mass is 283 g/mol. The van der Waals surface area contributed by atoms with Crippen molar-refractivity contribution in [2.45, 2.75) is 33.2 Å². The second-order valence-corrected chi connectivity index (χ2v) is 4.70. The molecule has 8 nitrogen and oxygen atoms in total. The average Bonchev–Trinajstić information content (AvgIpc) is 2.43.